The molecule has 12 nitrogen and oxygen atoms in total. The van der Waals surface area contributed by atoms with Crippen molar-refractivity contribution in [1.82, 2.24) is 24.6 Å². The number of ether oxygens (including phenoxy) is 2. The number of benzene rings is 1. The lowest BCUT2D eigenvalue weighted by Gasteiger charge is -2.29. The second kappa shape index (κ2) is 11.9. The molecule has 1 aliphatic heterocycles. The largest absolute Gasteiger partial charge is 0.443 e. The molecule has 0 fully saturated rings. The number of imide groups is 1. The van der Waals surface area contributed by atoms with Gasteiger partial charge < -0.3 is 19.7 Å². The minimum Gasteiger partial charge on any atom is -0.443 e. The Morgan fingerprint density at radius 3 is 2.24 bits per heavy atom. The van der Waals surface area contributed by atoms with Gasteiger partial charge in [0.1, 0.15) is 29.4 Å². The minimum absolute atomic E-state index is 0.0376. The van der Waals surface area contributed by atoms with Gasteiger partial charge in [-0.1, -0.05) is 11.6 Å². The molecule has 46 heavy (non-hydrogen) atoms. The molecule has 14 heteroatoms. The number of carbonyl (C=O) groups excluding carboxylic acids is 3. The van der Waals surface area contributed by atoms with Crippen molar-refractivity contribution >= 4 is 57.8 Å². The number of likely N-dealkylation sites (N-methyl/N-ethyl adjacent to an activating group) is 1. The normalized spacial score (nSPS) is 13.4. The Balaban J connectivity index is 1.55. The Morgan fingerprint density at radius 2 is 1.61 bits per heavy atom. The van der Waals surface area contributed by atoms with E-state index in [0.717, 1.165) is 10.6 Å². The van der Waals surface area contributed by atoms with Crippen molar-refractivity contribution in [1.29, 1.82) is 0 Å². The van der Waals surface area contributed by atoms with Crippen molar-refractivity contribution in [3.63, 3.8) is 0 Å². The van der Waals surface area contributed by atoms with Gasteiger partial charge in [-0.05, 0) is 71.5 Å². The lowest BCUT2D eigenvalue weighted by atomic mass is 9.98. The number of aromatic nitrogens is 4. The van der Waals surface area contributed by atoms with Crippen molar-refractivity contribution in [2.45, 2.75) is 72.8 Å². The average molecular weight is 652 g/mol. The van der Waals surface area contributed by atoms with Gasteiger partial charge in [0.25, 0.3) is 0 Å². The highest BCUT2D eigenvalue weighted by Gasteiger charge is 2.34. The molecule has 1 N–H and O–H groups in total. The maximum atomic E-state index is 15.9. The highest BCUT2D eigenvalue weighted by Crippen LogP contribution is 2.39. The predicted octanol–water partition coefficient (Wildman–Crippen LogP) is 6.99. The molecule has 3 amide bonds. The fraction of sp³-hybridized carbons (Fsp3) is 0.375. The van der Waals surface area contributed by atoms with Crippen LogP contribution in [0.1, 0.15) is 52.8 Å². The SMILES string of the molecule is Cc1c(-c2cc3cc(Nc4cc5n(n4)CC(=O)N(C)C5)ncc3c(Cl)c2F)cncc1N(C(=O)OC(C)(C)C)C(=O)OC(C)(C)C. The van der Waals surface area contributed by atoms with Crippen molar-refractivity contribution in [2.24, 2.45) is 0 Å². The average Bonchev–Trinajstić information content (AvgIpc) is 3.30. The van der Waals surface area contributed by atoms with Crippen LogP contribution in [-0.2, 0) is 27.4 Å². The second-order valence-corrected chi connectivity index (χ2v) is 13.4. The third-order valence-electron chi connectivity index (χ3n) is 7.00. The first-order valence-electron chi connectivity index (χ1n) is 14.5. The van der Waals surface area contributed by atoms with Gasteiger partial charge >= 0.3 is 12.2 Å². The van der Waals surface area contributed by atoms with E-state index in [-0.39, 0.29) is 34.3 Å². The lowest BCUT2D eigenvalue weighted by molar-refractivity contribution is -0.132. The molecule has 3 aromatic heterocycles. The molecule has 242 valence electrons. The van der Waals surface area contributed by atoms with Crippen molar-refractivity contribution in [3.8, 4) is 11.1 Å². The number of amides is 3. The first kappa shape index (κ1) is 32.6. The van der Waals surface area contributed by atoms with Crippen LogP contribution in [0.25, 0.3) is 21.9 Å². The van der Waals surface area contributed by atoms with Crippen LogP contribution in [0.15, 0.2) is 36.8 Å². The zero-order valence-electron chi connectivity index (χ0n) is 26.9. The standard InChI is InChI=1S/C32H35ClFN7O5/c1-17-21(12-35-14-23(17)41(29(43)45-31(2,3)4)30(44)46-32(5,6)7)20-9-18-10-24(36-13-22(18)27(33)28(20)34)37-25-11-19-15-39(8)26(42)16-40(19)38-25/h9-14H,15-16H2,1-8H3,(H,36,37,38). The summed E-state index contributed by atoms with van der Waals surface area (Å²) in [5, 5.41) is 8.37. The molecular formula is C32H35ClFN7O5. The van der Waals surface area contributed by atoms with Gasteiger partial charge in [-0.3, -0.25) is 14.5 Å². The molecule has 0 saturated heterocycles. The highest BCUT2D eigenvalue weighted by molar-refractivity contribution is 6.36. The Labute approximate surface area is 270 Å². The van der Waals surface area contributed by atoms with Gasteiger partial charge in [-0.2, -0.15) is 10.00 Å². The maximum Gasteiger partial charge on any atom is 0.424 e. The molecule has 0 radical (unpaired) electrons. The summed E-state index contributed by atoms with van der Waals surface area (Å²) in [6.45, 7) is 12.2. The molecule has 0 atom stereocenters. The molecule has 4 aromatic rings. The van der Waals surface area contributed by atoms with Crippen molar-refractivity contribution < 1.29 is 28.2 Å². The smallest absolute Gasteiger partial charge is 0.424 e. The minimum atomic E-state index is -0.973. The summed E-state index contributed by atoms with van der Waals surface area (Å²) in [6.07, 6.45) is 2.25. The Morgan fingerprint density at radius 1 is 0.957 bits per heavy atom. The van der Waals surface area contributed by atoms with E-state index in [1.807, 2.05) is 6.07 Å². The first-order chi connectivity index (χ1) is 21.4. The van der Waals surface area contributed by atoms with E-state index in [9.17, 15) is 14.4 Å². The summed E-state index contributed by atoms with van der Waals surface area (Å²) in [5.74, 6) is 0.149. The Bertz CT molecular complexity index is 1850. The molecular weight excluding hydrogens is 617 g/mol. The van der Waals surface area contributed by atoms with E-state index in [2.05, 4.69) is 20.4 Å². The highest BCUT2D eigenvalue weighted by atomic mass is 35.5. The summed E-state index contributed by atoms with van der Waals surface area (Å²) in [5.41, 5.74) is -0.174. The van der Waals surface area contributed by atoms with Crippen LogP contribution in [0.5, 0.6) is 0 Å². The molecule has 1 aromatic carbocycles. The fourth-order valence-electron chi connectivity index (χ4n) is 4.88. The van der Waals surface area contributed by atoms with Gasteiger partial charge in [0.15, 0.2) is 5.82 Å². The first-order valence-corrected chi connectivity index (χ1v) is 14.9. The third-order valence-corrected chi connectivity index (χ3v) is 7.37. The number of fused-ring (bicyclic) bond motifs is 2. The summed E-state index contributed by atoms with van der Waals surface area (Å²) < 4.78 is 28.6. The zero-order valence-corrected chi connectivity index (χ0v) is 27.6. The summed E-state index contributed by atoms with van der Waals surface area (Å²) in [4.78, 5) is 49.7. The summed E-state index contributed by atoms with van der Waals surface area (Å²) >= 11 is 6.52. The number of carbonyl (C=O) groups is 3. The van der Waals surface area contributed by atoms with Gasteiger partial charge in [0.05, 0.1) is 29.1 Å². The number of hydrogen-bond donors (Lipinski definition) is 1. The van der Waals surface area contributed by atoms with Gasteiger partial charge in [-0.25, -0.2) is 19.0 Å². The Kier molecular flexibility index (Phi) is 8.41. The van der Waals surface area contributed by atoms with Gasteiger partial charge in [0.2, 0.25) is 5.91 Å². The van der Waals surface area contributed by atoms with Crippen LogP contribution in [0.4, 0.5) is 31.3 Å². The van der Waals surface area contributed by atoms with E-state index < -0.39 is 29.2 Å². The Hall–Kier alpha value is -4.78. The summed E-state index contributed by atoms with van der Waals surface area (Å²) in [7, 11) is 1.73. The van der Waals surface area contributed by atoms with E-state index in [1.165, 1.54) is 18.6 Å². The fourth-order valence-corrected chi connectivity index (χ4v) is 5.14. The van der Waals surface area contributed by atoms with Crippen LogP contribution >= 0.6 is 11.6 Å². The van der Waals surface area contributed by atoms with Crippen LogP contribution in [0.2, 0.25) is 5.02 Å². The molecule has 5 rings (SSSR count). The number of hydrogen-bond acceptors (Lipinski definition) is 9. The van der Waals surface area contributed by atoms with Crippen LogP contribution in [0, 0.1) is 12.7 Å². The number of pyridine rings is 2. The molecule has 0 aliphatic carbocycles. The van der Waals surface area contributed by atoms with Crippen LogP contribution < -0.4 is 10.2 Å². The summed E-state index contributed by atoms with van der Waals surface area (Å²) in [6, 6.07) is 5.12. The molecule has 0 bridgehead atoms. The second-order valence-electron chi connectivity index (χ2n) is 13.0. The molecule has 0 saturated carbocycles. The zero-order chi connectivity index (χ0) is 33.7. The van der Waals surface area contributed by atoms with Gasteiger partial charge in [0, 0.05) is 42.0 Å². The molecule has 4 heterocycles. The lowest BCUT2D eigenvalue weighted by Crippen LogP contribution is -2.44. The molecule has 0 unspecified atom stereocenters. The monoisotopic (exact) mass is 651 g/mol. The van der Waals surface area contributed by atoms with Gasteiger partial charge in [-0.15, -0.1) is 0 Å². The number of nitrogens with one attached hydrogen (secondary N) is 1. The number of halogens is 2. The van der Waals surface area contributed by atoms with E-state index in [4.69, 9.17) is 21.1 Å². The number of rotatable bonds is 4. The predicted molar refractivity (Wildman–Crippen MR) is 172 cm³/mol. The number of anilines is 3. The van der Waals surface area contributed by atoms with E-state index in [1.54, 1.807) is 77.2 Å². The van der Waals surface area contributed by atoms with Crippen molar-refractivity contribution in [3.05, 3.63) is 58.9 Å². The maximum absolute atomic E-state index is 15.9. The van der Waals surface area contributed by atoms with Crippen LogP contribution in [-0.4, -0.2) is 61.0 Å². The number of nitrogens with zero attached hydrogens (tertiary/aromatic N) is 6. The quantitative estimate of drug-likeness (QED) is 0.248. The molecule has 0 spiro atoms. The van der Waals surface area contributed by atoms with Crippen molar-refractivity contribution in [2.75, 3.05) is 17.3 Å². The topological polar surface area (TPSA) is 132 Å². The molecule has 1 aliphatic rings. The third kappa shape index (κ3) is 6.74. The van der Waals surface area contributed by atoms with E-state index in [0.29, 0.717) is 34.5 Å². The van der Waals surface area contributed by atoms with Crippen LogP contribution in [0.3, 0.4) is 0 Å². The van der Waals surface area contributed by atoms with E-state index >= 15 is 4.39 Å².